The molecule has 14 nitrogen and oxygen atoms in total. The summed E-state index contributed by atoms with van der Waals surface area (Å²) >= 11 is 12.8. The molecular weight excluding hydrogens is 1040 g/mol. The number of carbonyl (C=O) groups excluding carboxylic acids is 2. The van der Waals surface area contributed by atoms with E-state index in [4.69, 9.17) is 37.4 Å². The third-order valence-corrected chi connectivity index (χ3v) is 18.5. The van der Waals surface area contributed by atoms with E-state index in [0.29, 0.717) is 79.6 Å². The summed E-state index contributed by atoms with van der Waals surface area (Å²) in [7, 11) is -9.92. The Morgan fingerprint density at radius 3 is 1.41 bits per heavy atom. The summed E-state index contributed by atoms with van der Waals surface area (Å²) in [5.41, 5.74) is 11.4. The van der Waals surface area contributed by atoms with Gasteiger partial charge in [-0.2, -0.15) is 8.42 Å². The molecule has 10 rings (SSSR count). The molecule has 390 valence electrons. The molecular formula is C55H59Cl2N5O9S3. The molecule has 5 heterocycles. The summed E-state index contributed by atoms with van der Waals surface area (Å²) in [6.45, 7) is 2.41. The highest BCUT2D eigenvalue weighted by atomic mass is 35.5. The number of imide groups is 1. The van der Waals surface area contributed by atoms with Gasteiger partial charge in [0.15, 0.2) is 0 Å². The molecule has 2 saturated heterocycles. The number of aromatic nitrogens is 2. The van der Waals surface area contributed by atoms with Crippen molar-refractivity contribution < 1.29 is 39.0 Å². The molecule has 2 aromatic heterocycles. The van der Waals surface area contributed by atoms with E-state index in [9.17, 15) is 34.8 Å². The minimum Gasteiger partial charge on any atom is -0.274 e. The van der Waals surface area contributed by atoms with Crippen molar-refractivity contribution in [2.45, 2.75) is 63.2 Å². The smallest absolute Gasteiger partial charge is 0.264 e. The first kappa shape index (κ1) is 53.7. The van der Waals surface area contributed by atoms with Crippen LogP contribution in [0.2, 0.25) is 10.0 Å². The average molecular weight is 1100 g/mol. The fraction of sp³-hybridized carbons (Fsp3) is 0.382. The van der Waals surface area contributed by atoms with Crippen LogP contribution in [0.3, 0.4) is 0 Å². The van der Waals surface area contributed by atoms with Gasteiger partial charge in [0.05, 0.1) is 47.9 Å². The molecule has 74 heavy (non-hydrogen) atoms. The second-order valence-electron chi connectivity index (χ2n) is 19.8. The van der Waals surface area contributed by atoms with Gasteiger partial charge in [-0.05, 0) is 156 Å². The van der Waals surface area contributed by atoms with Gasteiger partial charge in [-0.15, -0.1) is 0 Å². The Bertz CT molecular complexity index is 3350. The first-order valence-corrected chi connectivity index (χ1v) is 31.1. The van der Waals surface area contributed by atoms with E-state index in [1.54, 1.807) is 39.1 Å². The SMILES string of the molecule is CS(=O)(=O)N1CCC(C2c3ccc(Cl)cc3C=C(CCCN3C(=O)c4ccccc4C3=O)c3cccnc32)CC1.CS(=O)(=O)OCCCC1=Cc2cc(Cl)ccc2C(C2CCN(S(C)(=O)=O)CC2)c2ncccc21. The number of fused-ring (bicyclic) bond motifs is 5. The van der Waals surface area contributed by atoms with Crippen LogP contribution in [0, 0.1) is 11.8 Å². The van der Waals surface area contributed by atoms with Crippen LogP contribution in [0.4, 0.5) is 0 Å². The number of piperidine rings is 2. The van der Waals surface area contributed by atoms with Crippen molar-refractivity contribution in [3.63, 3.8) is 0 Å². The largest absolute Gasteiger partial charge is 0.274 e. The van der Waals surface area contributed by atoms with Crippen molar-refractivity contribution in [2.75, 3.05) is 58.1 Å². The van der Waals surface area contributed by atoms with Crippen LogP contribution in [-0.2, 0) is 34.3 Å². The quantitative estimate of drug-likeness (QED) is 0.0622. The Hall–Kier alpha value is -5.11. The minimum atomic E-state index is -3.48. The van der Waals surface area contributed by atoms with Gasteiger partial charge in [0.1, 0.15) is 0 Å². The molecule has 5 aromatic rings. The molecule has 2 atom stereocenters. The molecule has 0 N–H and O–H groups in total. The number of hydrogen-bond donors (Lipinski definition) is 0. The molecule has 5 aliphatic rings. The number of nitrogens with zero attached hydrogens (tertiary/aromatic N) is 5. The monoisotopic (exact) mass is 1100 g/mol. The number of allylic oxidation sites excluding steroid dienone is 2. The highest BCUT2D eigenvalue weighted by Crippen LogP contribution is 2.47. The predicted octanol–water partition coefficient (Wildman–Crippen LogP) is 9.62. The van der Waals surface area contributed by atoms with Crippen molar-refractivity contribution in [3.05, 3.63) is 163 Å². The van der Waals surface area contributed by atoms with Crippen LogP contribution in [-0.4, -0.2) is 119 Å². The van der Waals surface area contributed by atoms with Gasteiger partial charge in [0, 0.05) is 67.0 Å². The van der Waals surface area contributed by atoms with Gasteiger partial charge >= 0.3 is 0 Å². The average Bonchev–Trinajstić information content (AvgIpc) is 3.45. The third-order valence-electron chi connectivity index (χ3n) is 14.9. The van der Waals surface area contributed by atoms with Crippen molar-refractivity contribution in [1.29, 1.82) is 0 Å². The zero-order valence-corrected chi connectivity index (χ0v) is 45.5. The molecule has 2 aliphatic carbocycles. The topological polar surface area (TPSA) is 181 Å². The van der Waals surface area contributed by atoms with Crippen molar-refractivity contribution >= 4 is 88.5 Å². The standard InChI is InChI=1S/C31H30ClN3O4S.C24H29ClN2O5S2/c1-40(38,39)34-16-12-20(13-17-34)28-24-11-10-23(32)19-22(24)18-21(25-9-4-14-33-29(25)28)6-5-15-35-30(36)26-7-2-3-8-27(26)31(35)37;1-33(28,29)27-12-9-17(10-13-27)23-21-8-7-20(25)16-19(21)15-18(5-4-14-32-34(2,30)31)22-6-3-11-26-24(22)23/h2-4,7-11,14,18-20,28H,5-6,12-13,15-17H2,1H3;3,6-8,11,15-17,23H,4-5,9-10,12-14H2,1-2H3. The van der Waals surface area contributed by atoms with Gasteiger partial charge in [0.25, 0.3) is 21.9 Å². The molecule has 3 aromatic carbocycles. The maximum atomic E-state index is 12.9. The number of amides is 2. The normalized spacial score (nSPS) is 19.7. The van der Waals surface area contributed by atoms with E-state index in [2.05, 4.69) is 36.4 Å². The fourth-order valence-corrected chi connectivity index (χ4v) is 13.9. The van der Waals surface area contributed by atoms with Gasteiger partial charge < -0.3 is 0 Å². The zero-order chi connectivity index (χ0) is 52.5. The number of carbonyl (C=O) groups is 2. The number of benzene rings is 3. The molecule has 2 fully saturated rings. The summed E-state index contributed by atoms with van der Waals surface area (Å²) in [6.07, 6.45) is 16.9. The van der Waals surface area contributed by atoms with Gasteiger partial charge in [-0.25, -0.2) is 25.4 Å². The number of sulfonamides is 2. The first-order chi connectivity index (χ1) is 35.2. The second-order valence-corrected chi connectivity index (χ2v) is 26.2. The Kier molecular flexibility index (Phi) is 16.1. The summed E-state index contributed by atoms with van der Waals surface area (Å²) < 4.78 is 79.1. The van der Waals surface area contributed by atoms with Crippen LogP contribution in [0.25, 0.3) is 23.3 Å². The highest BCUT2D eigenvalue weighted by Gasteiger charge is 2.39. The molecule has 0 radical (unpaired) electrons. The maximum absolute atomic E-state index is 12.9. The van der Waals surface area contributed by atoms with Crippen LogP contribution in [0.1, 0.15) is 129 Å². The molecule has 0 saturated carbocycles. The zero-order valence-electron chi connectivity index (χ0n) is 41.5. The Labute approximate surface area is 444 Å². The number of hydrogen-bond acceptors (Lipinski definition) is 11. The Morgan fingerprint density at radius 1 is 0.568 bits per heavy atom. The number of halogens is 2. The van der Waals surface area contributed by atoms with Crippen molar-refractivity contribution in [3.8, 4) is 0 Å². The lowest BCUT2D eigenvalue weighted by atomic mass is 9.76. The molecule has 19 heteroatoms. The predicted molar refractivity (Wildman–Crippen MR) is 290 cm³/mol. The summed E-state index contributed by atoms with van der Waals surface area (Å²) in [5.74, 6) is -0.0304. The third kappa shape index (κ3) is 11.9. The second kappa shape index (κ2) is 22.2. The van der Waals surface area contributed by atoms with E-state index < -0.39 is 30.2 Å². The Balaban J connectivity index is 0.000000184. The van der Waals surface area contributed by atoms with Gasteiger partial charge in [-0.3, -0.25) is 28.6 Å². The summed E-state index contributed by atoms with van der Waals surface area (Å²) in [4.78, 5) is 36.8. The van der Waals surface area contributed by atoms with E-state index in [0.717, 1.165) is 87.9 Å². The van der Waals surface area contributed by atoms with Crippen LogP contribution in [0.5, 0.6) is 0 Å². The van der Waals surface area contributed by atoms with E-state index in [-0.39, 0.29) is 42.1 Å². The minimum absolute atomic E-state index is 0.00448. The lowest BCUT2D eigenvalue weighted by molar-refractivity contribution is 0.0653. The van der Waals surface area contributed by atoms with Gasteiger partial charge in [-0.1, -0.05) is 71.8 Å². The number of pyridine rings is 2. The first-order valence-electron chi connectivity index (χ1n) is 24.9. The Morgan fingerprint density at radius 2 is 0.986 bits per heavy atom. The summed E-state index contributed by atoms with van der Waals surface area (Å²) in [6, 6.07) is 26.8. The van der Waals surface area contributed by atoms with Crippen molar-refractivity contribution in [1.82, 2.24) is 23.5 Å². The number of rotatable bonds is 13. The maximum Gasteiger partial charge on any atom is 0.264 e. The highest BCUT2D eigenvalue weighted by molar-refractivity contribution is 7.88. The van der Waals surface area contributed by atoms with E-state index in [1.807, 2.05) is 42.6 Å². The van der Waals surface area contributed by atoms with Crippen molar-refractivity contribution in [2.24, 2.45) is 11.8 Å². The lowest BCUT2D eigenvalue weighted by Gasteiger charge is -2.35. The molecule has 0 bridgehead atoms. The molecule has 2 unspecified atom stereocenters. The molecule has 0 spiro atoms. The van der Waals surface area contributed by atoms with E-state index >= 15 is 0 Å². The van der Waals surface area contributed by atoms with Crippen LogP contribution < -0.4 is 0 Å². The molecule has 2 amide bonds. The summed E-state index contributed by atoms with van der Waals surface area (Å²) in [5, 5.41) is 1.28. The fourth-order valence-electron chi connectivity index (χ4n) is 11.4. The lowest BCUT2D eigenvalue weighted by Crippen LogP contribution is -2.39. The van der Waals surface area contributed by atoms with Crippen LogP contribution in [0.15, 0.2) is 97.3 Å². The van der Waals surface area contributed by atoms with Crippen LogP contribution >= 0.6 is 23.2 Å². The molecule has 3 aliphatic heterocycles. The van der Waals surface area contributed by atoms with E-state index in [1.165, 1.54) is 17.4 Å². The van der Waals surface area contributed by atoms with Gasteiger partial charge in [0.2, 0.25) is 20.0 Å².